The first-order chi connectivity index (χ1) is 8.65. The number of nitrogens with one attached hydrogen (secondary N) is 1. The number of carbonyl (C=O) groups excluding carboxylic acids is 1. The van der Waals surface area contributed by atoms with E-state index in [1.54, 1.807) is 6.07 Å². The smallest absolute Gasteiger partial charge is 0.224 e. The van der Waals surface area contributed by atoms with Crippen LogP contribution in [0.25, 0.3) is 0 Å². The lowest BCUT2D eigenvalue weighted by molar-refractivity contribution is -0.116. The summed E-state index contributed by atoms with van der Waals surface area (Å²) in [6, 6.07) is 5.57. The van der Waals surface area contributed by atoms with Crippen molar-refractivity contribution in [3.05, 3.63) is 23.8 Å². The molecular formula is C14H20N2O2. The number of anilines is 2. The number of benzene rings is 1. The lowest BCUT2D eigenvalue weighted by Crippen LogP contribution is -2.15. The van der Waals surface area contributed by atoms with Gasteiger partial charge in [0.15, 0.2) is 0 Å². The summed E-state index contributed by atoms with van der Waals surface area (Å²) in [6.45, 7) is 2.78. The second kappa shape index (κ2) is 5.87. The maximum Gasteiger partial charge on any atom is 0.224 e. The van der Waals surface area contributed by atoms with E-state index in [0.29, 0.717) is 12.1 Å². The third-order valence-corrected chi connectivity index (χ3v) is 3.28. The average molecular weight is 248 g/mol. The zero-order chi connectivity index (χ0) is 13.0. The number of rotatable bonds is 4. The summed E-state index contributed by atoms with van der Waals surface area (Å²) in [5, 5.41) is 2.86. The average Bonchev–Trinajstić information content (AvgIpc) is 2.84. The van der Waals surface area contributed by atoms with Gasteiger partial charge in [0.05, 0.1) is 6.10 Å². The lowest BCUT2D eigenvalue weighted by Gasteiger charge is -2.10. The molecule has 1 aliphatic heterocycles. The predicted octanol–water partition coefficient (Wildman–Crippen LogP) is 2.47. The minimum atomic E-state index is 0.0220. The Bertz CT molecular complexity index is 426. The van der Waals surface area contributed by atoms with Gasteiger partial charge in [-0.3, -0.25) is 4.79 Å². The molecule has 98 valence electrons. The van der Waals surface area contributed by atoms with E-state index in [1.807, 2.05) is 19.1 Å². The van der Waals surface area contributed by atoms with Crippen molar-refractivity contribution in [3.8, 4) is 0 Å². The SMILES string of the molecule is Cc1ccc(NC(=O)CCC2CCCO2)cc1N. The fourth-order valence-corrected chi connectivity index (χ4v) is 2.11. The highest BCUT2D eigenvalue weighted by Gasteiger charge is 2.16. The molecule has 1 unspecified atom stereocenters. The second-order valence-corrected chi connectivity index (χ2v) is 4.79. The third-order valence-electron chi connectivity index (χ3n) is 3.28. The monoisotopic (exact) mass is 248 g/mol. The molecule has 1 fully saturated rings. The fourth-order valence-electron chi connectivity index (χ4n) is 2.11. The topological polar surface area (TPSA) is 64.3 Å². The summed E-state index contributed by atoms with van der Waals surface area (Å²) in [5.74, 6) is 0.0220. The van der Waals surface area contributed by atoms with Crippen molar-refractivity contribution >= 4 is 17.3 Å². The number of hydrogen-bond acceptors (Lipinski definition) is 3. The van der Waals surface area contributed by atoms with Gasteiger partial charge in [0.25, 0.3) is 0 Å². The number of amides is 1. The van der Waals surface area contributed by atoms with Gasteiger partial charge in [-0.15, -0.1) is 0 Å². The zero-order valence-corrected chi connectivity index (χ0v) is 10.7. The van der Waals surface area contributed by atoms with E-state index in [0.717, 1.165) is 37.1 Å². The van der Waals surface area contributed by atoms with Crippen molar-refractivity contribution in [2.24, 2.45) is 0 Å². The molecule has 1 heterocycles. The highest BCUT2D eigenvalue weighted by atomic mass is 16.5. The number of aryl methyl sites for hydroxylation is 1. The summed E-state index contributed by atoms with van der Waals surface area (Å²) in [4.78, 5) is 11.8. The maximum absolute atomic E-state index is 11.8. The Hall–Kier alpha value is -1.55. The van der Waals surface area contributed by atoms with E-state index >= 15 is 0 Å². The van der Waals surface area contributed by atoms with Crippen molar-refractivity contribution in [2.75, 3.05) is 17.7 Å². The number of hydrogen-bond donors (Lipinski definition) is 2. The molecule has 4 heteroatoms. The van der Waals surface area contributed by atoms with E-state index < -0.39 is 0 Å². The first-order valence-electron chi connectivity index (χ1n) is 6.43. The highest BCUT2D eigenvalue weighted by Crippen LogP contribution is 2.19. The minimum Gasteiger partial charge on any atom is -0.398 e. The Labute approximate surface area is 108 Å². The number of nitrogen functional groups attached to an aromatic ring is 1. The van der Waals surface area contributed by atoms with Crippen LogP contribution in [0.2, 0.25) is 0 Å². The molecule has 0 aliphatic carbocycles. The Morgan fingerprint density at radius 3 is 3.06 bits per heavy atom. The lowest BCUT2D eigenvalue weighted by atomic mass is 10.1. The fraction of sp³-hybridized carbons (Fsp3) is 0.500. The maximum atomic E-state index is 11.8. The van der Waals surface area contributed by atoms with E-state index in [1.165, 1.54) is 0 Å². The summed E-state index contributed by atoms with van der Waals surface area (Å²) >= 11 is 0. The minimum absolute atomic E-state index is 0.0220. The Morgan fingerprint density at radius 1 is 1.56 bits per heavy atom. The van der Waals surface area contributed by atoms with Crippen LogP contribution in [0.1, 0.15) is 31.2 Å². The van der Waals surface area contributed by atoms with Gasteiger partial charge in [-0.2, -0.15) is 0 Å². The molecule has 0 spiro atoms. The van der Waals surface area contributed by atoms with E-state index in [-0.39, 0.29) is 12.0 Å². The molecule has 3 N–H and O–H groups in total. The first kappa shape index (κ1) is 12.9. The number of nitrogens with two attached hydrogens (primary N) is 1. The van der Waals surface area contributed by atoms with Crippen LogP contribution in [0.3, 0.4) is 0 Å². The highest BCUT2D eigenvalue weighted by molar-refractivity contribution is 5.91. The molecule has 1 saturated heterocycles. The molecule has 0 saturated carbocycles. The third kappa shape index (κ3) is 3.47. The summed E-state index contributed by atoms with van der Waals surface area (Å²) in [5.41, 5.74) is 8.28. The normalized spacial score (nSPS) is 18.8. The number of ether oxygens (including phenoxy) is 1. The molecule has 0 radical (unpaired) electrons. The largest absolute Gasteiger partial charge is 0.398 e. The summed E-state index contributed by atoms with van der Waals surface area (Å²) < 4.78 is 5.49. The van der Waals surface area contributed by atoms with Crippen LogP contribution in [-0.2, 0) is 9.53 Å². The molecule has 1 aromatic carbocycles. The molecule has 0 aromatic heterocycles. The quantitative estimate of drug-likeness (QED) is 0.804. The van der Waals surface area contributed by atoms with Crippen molar-refractivity contribution in [1.29, 1.82) is 0 Å². The van der Waals surface area contributed by atoms with Gasteiger partial charge in [0.1, 0.15) is 0 Å². The van der Waals surface area contributed by atoms with Crippen LogP contribution in [0.15, 0.2) is 18.2 Å². The summed E-state index contributed by atoms with van der Waals surface area (Å²) in [7, 11) is 0. The van der Waals surface area contributed by atoms with E-state index in [9.17, 15) is 4.79 Å². The molecule has 1 atom stereocenters. The van der Waals surface area contributed by atoms with Crippen LogP contribution in [-0.4, -0.2) is 18.6 Å². The first-order valence-corrected chi connectivity index (χ1v) is 6.43. The molecule has 0 bridgehead atoms. The van der Waals surface area contributed by atoms with Gasteiger partial charge in [0.2, 0.25) is 5.91 Å². The Balaban J connectivity index is 1.80. The van der Waals surface area contributed by atoms with Crippen molar-refractivity contribution in [3.63, 3.8) is 0 Å². The summed E-state index contributed by atoms with van der Waals surface area (Å²) in [6.07, 6.45) is 3.75. The zero-order valence-electron chi connectivity index (χ0n) is 10.7. The van der Waals surface area contributed by atoms with Crippen LogP contribution in [0.5, 0.6) is 0 Å². The second-order valence-electron chi connectivity index (χ2n) is 4.79. The van der Waals surface area contributed by atoms with E-state index in [2.05, 4.69) is 5.32 Å². The van der Waals surface area contributed by atoms with Gasteiger partial charge in [-0.1, -0.05) is 6.07 Å². The van der Waals surface area contributed by atoms with Crippen LogP contribution < -0.4 is 11.1 Å². The van der Waals surface area contributed by atoms with Crippen molar-refractivity contribution in [1.82, 2.24) is 0 Å². The standard InChI is InChI=1S/C14H20N2O2/c1-10-4-5-11(9-13(10)15)16-14(17)7-6-12-3-2-8-18-12/h4-5,9,12H,2-3,6-8,15H2,1H3,(H,16,17). The number of carbonyl (C=O) groups is 1. The molecule has 1 aromatic rings. The van der Waals surface area contributed by atoms with Gasteiger partial charge in [0, 0.05) is 24.4 Å². The molecule has 1 aliphatic rings. The van der Waals surface area contributed by atoms with Crippen LogP contribution in [0.4, 0.5) is 11.4 Å². The molecule has 2 rings (SSSR count). The van der Waals surface area contributed by atoms with Gasteiger partial charge < -0.3 is 15.8 Å². The predicted molar refractivity (Wildman–Crippen MR) is 72.4 cm³/mol. The van der Waals surface area contributed by atoms with E-state index in [4.69, 9.17) is 10.5 Å². The van der Waals surface area contributed by atoms with Crippen LogP contribution in [0, 0.1) is 6.92 Å². The molecule has 4 nitrogen and oxygen atoms in total. The van der Waals surface area contributed by atoms with Crippen LogP contribution >= 0.6 is 0 Å². The molecule has 18 heavy (non-hydrogen) atoms. The Morgan fingerprint density at radius 2 is 2.39 bits per heavy atom. The van der Waals surface area contributed by atoms with Gasteiger partial charge in [-0.25, -0.2) is 0 Å². The molecule has 1 amide bonds. The van der Waals surface area contributed by atoms with Crippen molar-refractivity contribution < 1.29 is 9.53 Å². The molecular weight excluding hydrogens is 228 g/mol. The van der Waals surface area contributed by atoms with Crippen molar-refractivity contribution in [2.45, 2.75) is 38.7 Å². The van der Waals surface area contributed by atoms with Gasteiger partial charge >= 0.3 is 0 Å². The van der Waals surface area contributed by atoms with Gasteiger partial charge in [-0.05, 0) is 43.9 Å². The Kier molecular flexibility index (Phi) is 4.20.